The van der Waals surface area contributed by atoms with Crippen LogP contribution in [0.2, 0.25) is 0 Å². The molecule has 0 nitrogen and oxygen atoms in total. The van der Waals surface area contributed by atoms with Crippen LogP contribution >= 0.6 is 0 Å². The summed E-state index contributed by atoms with van der Waals surface area (Å²) >= 11 is 0. The van der Waals surface area contributed by atoms with Gasteiger partial charge in [-0.3, -0.25) is 0 Å². The Labute approximate surface area is 63.0 Å². The number of hydrogen-bond acceptors (Lipinski definition) is 0. The normalized spacial score (nSPS) is 3.43. The minimum Gasteiger partial charge on any atom is -0.346 e. The van der Waals surface area contributed by atoms with E-state index >= 15 is 0 Å². The second-order valence-electron chi connectivity index (χ2n) is 0.707. The second kappa shape index (κ2) is 75.9. The molecule has 1 heteroatoms. The Kier molecular flexibility index (Phi) is 274. The standard InChI is InChI=1S/C3H8.C2H5.CH4.W/c1-3-2;1-2;;/h3H2,1-2H3;1H2,2H3;1H4;/q;-1;;. The smallest absolute Gasteiger partial charge is 0 e. The molecule has 0 N–H and O–H groups in total. The van der Waals surface area contributed by atoms with Crippen molar-refractivity contribution in [3.05, 3.63) is 6.92 Å². The molecule has 0 amide bonds. The third-order valence-electron chi connectivity index (χ3n) is 0. The van der Waals surface area contributed by atoms with Crippen molar-refractivity contribution in [1.82, 2.24) is 0 Å². The van der Waals surface area contributed by atoms with Gasteiger partial charge in [0.1, 0.15) is 0 Å². The maximum Gasteiger partial charge on any atom is 0 e. The Morgan fingerprint density at radius 2 is 1.14 bits per heavy atom. The van der Waals surface area contributed by atoms with Gasteiger partial charge in [0.2, 0.25) is 0 Å². The average molecular weight is 273 g/mol. The molecule has 0 aromatic heterocycles. The summed E-state index contributed by atoms with van der Waals surface area (Å²) in [7, 11) is 0. The topological polar surface area (TPSA) is 0 Å². The Morgan fingerprint density at radius 3 is 1.14 bits per heavy atom. The maximum absolute atomic E-state index is 3.25. The van der Waals surface area contributed by atoms with Gasteiger partial charge in [-0.1, -0.05) is 27.7 Å². The van der Waals surface area contributed by atoms with Crippen molar-refractivity contribution in [2.45, 2.75) is 34.6 Å². The summed E-state index contributed by atoms with van der Waals surface area (Å²) in [6, 6.07) is 0. The maximum atomic E-state index is 3.25. The van der Waals surface area contributed by atoms with Crippen molar-refractivity contribution >= 4 is 0 Å². The summed E-state index contributed by atoms with van der Waals surface area (Å²) in [5.74, 6) is 0. The molecule has 0 aliphatic heterocycles. The monoisotopic (exact) mass is 273 g/mol. The van der Waals surface area contributed by atoms with E-state index in [0.717, 1.165) is 0 Å². The van der Waals surface area contributed by atoms with Gasteiger partial charge >= 0.3 is 0 Å². The van der Waals surface area contributed by atoms with Gasteiger partial charge in [-0.05, 0) is 0 Å². The Balaban J connectivity index is -0.0000000105. The molecule has 0 bridgehead atoms. The van der Waals surface area contributed by atoms with Gasteiger partial charge in [0.25, 0.3) is 0 Å². The van der Waals surface area contributed by atoms with Gasteiger partial charge in [0.15, 0.2) is 0 Å². The zero-order valence-electron chi connectivity index (χ0n) is 4.82. The summed E-state index contributed by atoms with van der Waals surface area (Å²) in [6.45, 7) is 9.25. The van der Waals surface area contributed by atoms with E-state index < -0.39 is 0 Å². The summed E-state index contributed by atoms with van der Waals surface area (Å²) in [4.78, 5) is 0. The molecule has 0 saturated carbocycles. The molecule has 48 valence electrons. The first-order valence-electron chi connectivity index (χ1n) is 2.12. The van der Waals surface area contributed by atoms with Gasteiger partial charge in [-0.15, -0.1) is 0 Å². The third-order valence-corrected chi connectivity index (χ3v) is 0. The predicted molar refractivity (Wildman–Crippen MR) is 33.7 cm³/mol. The van der Waals surface area contributed by atoms with E-state index in [9.17, 15) is 0 Å². The Hall–Kier alpha value is 0.688. The minimum absolute atomic E-state index is 0. The summed E-state index contributed by atoms with van der Waals surface area (Å²) in [5, 5.41) is 0. The van der Waals surface area contributed by atoms with Crippen molar-refractivity contribution in [3.63, 3.8) is 0 Å². The Bertz CT molecular complexity index is 4.14. The van der Waals surface area contributed by atoms with Crippen LogP contribution in [0.3, 0.4) is 0 Å². The molecule has 0 aliphatic carbocycles. The summed E-state index contributed by atoms with van der Waals surface area (Å²) in [6.07, 6.45) is 1.25. The molecular formula is C6H17W-. The van der Waals surface area contributed by atoms with Crippen LogP contribution in [0.1, 0.15) is 34.6 Å². The first-order valence-corrected chi connectivity index (χ1v) is 2.12. The van der Waals surface area contributed by atoms with E-state index in [0.29, 0.717) is 0 Å². The van der Waals surface area contributed by atoms with Crippen molar-refractivity contribution in [2.24, 2.45) is 0 Å². The minimum atomic E-state index is 0. The van der Waals surface area contributed by atoms with Crippen LogP contribution in [0.4, 0.5) is 0 Å². The van der Waals surface area contributed by atoms with Gasteiger partial charge in [-0.25, -0.2) is 0 Å². The summed E-state index contributed by atoms with van der Waals surface area (Å²) in [5.41, 5.74) is 0. The fraction of sp³-hybridized carbons (Fsp3) is 0.833. The van der Waals surface area contributed by atoms with E-state index in [1.807, 2.05) is 0 Å². The van der Waals surface area contributed by atoms with Crippen LogP contribution in [-0.2, 0) is 21.1 Å². The summed E-state index contributed by atoms with van der Waals surface area (Å²) < 4.78 is 0. The molecule has 0 unspecified atom stereocenters. The first kappa shape index (κ1) is 25.3. The molecule has 0 atom stereocenters. The van der Waals surface area contributed by atoms with E-state index in [-0.39, 0.29) is 28.5 Å². The van der Waals surface area contributed by atoms with Gasteiger partial charge in [-0.2, -0.15) is 6.92 Å². The molecule has 0 aromatic carbocycles. The van der Waals surface area contributed by atoms with Crippen LogP contribution in [0, 0.1) is 6.92 Å². The zero-order chi connectivity index (χ0) is 4.71. The molecule has 0 spiro atoms. The van der Waals surface area contributed by atoms with E-state index in [1.54, 1.807) is 6.92 Å². The molecule has 0 rings (SSSR count). The van der Waals surface area contributed by atoms with Gasteiger partial charge in [0, 0.05) is 21.1 Å². The van der Waals surface area contributed by atoms with Gasteiger partial charge in [0.05, 0.1) is 0 Å². The van der Waals surface area contributed by atoms with Crippen molar-refractivity contribution in [2.75, 3.05) is 0 Å². The van der Waals surface area contributed by atoms with Crippen LogP contribution in [-0.4, -0.2) is 0 Å². The van der Waals surface area contributed by atoms with Crippen molar-refractivity contribution in [3.8, 4) is 0 Å². The van der Waals surface area contributed by atoms with E-state index in [4.69, 9.17) is 0 Å². The fourth-order valence-electron chi connectivity index (χ4n) is 0. The van der Waals surface area contributed by atoms with E-state index in [1.165, 1.54) is 6.42 Å². The number of rotatable bonds is 0. The molecule has 7 heavy (non-hydrogen) atoms. The largest absolute Gasteiger partial charge is 0.346 e. The van der Waals surface area contributed by atoms with E-state index in [2.05, 4.69) is 20.8 Å². The molecule has 0 heterocycles. The third kappa shape index (κ3) is 310. The van der Waals surface area contributed by atoms with Crippen LogP contribution in [0.25, 0.3) is 0 Å². The fourth-order valence-corrected chi connectivity index (χ4v) is 0. The predicted octanol–water partition coefficient (Wildman–Crippen LogP) is 2.89. The zero-order valence-corrected chi connectivity index (χ0v) is 7.76. The van der Waals surface area contributed by atoms with Gasteiger partial charge < -0.3 is 6.92 Å². The molecule has 0 radical (unpaired) electrons. The molecular weight excluding hydrogens is 256 g/mol. The quantitative estimate of drug-likeness (QED) is 0.595. The first-order chi connectivity index (χ1) is 2.41. The molecule has 0 aromatic rings. The molecule has 0 aliphatic rings. The Morgan fingerprint density at radius 1 is 1.14 bits per heavy atom. The van der Waals surface area contributed by atoms with Crippen LogP contribution in [0.15, 0.2) is 0 Å². The van der Waals surface area contributed by atoms with Crippen LogP contribution < -0.4 is 0 Å². The second-order valence-corrected chi connectivity index (χ2v) is 0.707. The molecule has 0 saturated heterocycles. The van der Waals surface area contributed by atoms with Crippen LogP contribution in [0.5, 0.6) is 0 Å². The van der Waals surface area contributed by atoms with Crippen molar-refractivity contribution < 1.29 is 21.1 Å². The molecule has 0 fully saturated rings. The number of hydrogen-bond donors (Lipinski definition) is 0. The average Bonchev–Trinajstić information content (AvgIpc) is 1.46. The SMILES string of the molecule is C.CCC.[CH2-]C.[W]. The van der Waals surface area contributed by atoms with Crippen molar-refractivity contribution in [1.29, 1.82) is 0 Å².